The molecule has 148 valence electrons. The van der Waals surface area contributed by atoms with E-state index < -0.39 is 4.92 Å². The molecule has 1 aliphatic heterocycles. The summed E-state index contributed by atoms with van der Waals surface area (Å²) < 4.78 is 0. The van der Waals surface area contributed by atoms with Crippen LogP contribution in [0.2, 0.25) is 0 Å². The van der Waals surface area contributed by atoms with E-state index in [-0.39, 0.29) is 22.9 Å². The molecule has 2 aromatic rings. The predicted molar refractivity (Wildman–Crippen MR) is 115 cm³/mol. The molecule has 0 aromatic heterocycles. The largest absolute Gasteiger partial charge is 0.373 e. The van der Waals surface area contributed by atoms with Crippen LogP contribution in [0.25, 0.3) is 6.08 Å². The molecule has 0 radical (unpaired) electrons. The molecule has 2 aromatic carbocycles. The summed E-state index contributed by atoms with van der Waals surface area (Å²) in [6.07, 6.45) is 4.81. The maximum atomic E-state index is 13.1. The van der Waals surface area contributed by atoms with Gasteiger partial charge >= 0.3 is 0 Å². The summed E-state index contributed by atoms with van der Waals surface area (Å²) in [6, 6.07) is 14.1. The molecule has 0 spiro atoms. The monoisotopic (exact) mass is 389 g/mol. The summed E-state index contributed by atoms with van der Waals surface area (Å²) in [5.41, 5.74) is 3.87. The van der Waals surface area contributed by atoms with Crippen LogP contribution in [0.5, 0.6) is 0 Å². The normalized spacial score (nSPS) is 20.3. The van der Waals surface area contributed by atoms with Crippen LogP contribution in [0, 0.1) is 15.5 Å². The molecule has 4 rings (SSSR count). The first-order valence-electron chi connectivity index (χ1n) is 9.64. The molecule has 1 unspecified atom stereocenters. The van der Waals surface area contributed by atoms with Gasteiger partial charge in [-0.3, -0.25) is 14.9 Å². The molecule has 0 bridgehead atoms. The van der Waals surface area contributed by atoms with E-state index >= 15 is 0 Å². The number of nitrogens with zero attached hydrogens (tertiary/aromatic N) is 1. The van der Waals surface area contributed by atoms with Gasteiger partial charge in [0.15, 0.2) is 5.78 Å². The molecule has 1 heterocycles. The van der Waals surface area contributed by atoms with E-state index in [1.165, 1.54) is 6.07 Å². The van der Waals surface area contributed by atoms with Gasteiger partial charge < -0.3 is 10.6 Å². The van der Waals surface area contributed by atoms with E-state index in [0.717, 1.165) is 23.5 Å². The van der Waals surface area contributed by atoms with Crippen LogP contribution in [0.3, 0.4) is 0 Å². The van der Waals surface area contributed by atoms with Crippen LogP contribution < -0.4 is 10.6 Å². The van der Waals surface area contributed by atoms with Crippen molar-refractivity contribution < 1.29 is 9.72 Å². The zero-order valence-electron chi connectivity index (χ0n) is 16.4. The van der Waals surface area contributed by atoms with Gasteiger partial charge in [-0.2, -0.15) is 0 Å². The molecule has 29 heavy (non-hydrogen) atoms. The Labute approximate surface area is 169 Å². The van der Waals surface area contributed by atoms with Gasteiger partial charge in [0.1, 0.15) is 0 Å². The Bertz CT molecular complexity index is 1050. The highest BCUT2D eigenvalue weighted by atomic mass is 16.6. The number of carbonyl (C=O) groups is 1. The summed E-state index contributed by atoms with van der Waals surface area (Å²) in [5, 5.41) is 18.2. The molecular weight excluding hydrogens is 366 g/mol. The minimum absolute atomic E-state index is 0.0428. The van der Waals surface area contributed by atoms with Gasteiger partial charge in [0.25, 0.3) is 5.69 Å². The van der Waals surface area contributed by atoms with Gasteiger partial charge in [0.05, 0.1) is 27.9 Å². The first-order valence-corrected chi connectivity index (χ1v) is 9.64. The number of hydrogen-bond acceptors (Lipinski definition) is 5. The lowest BCUT2D eigenvalue weighted by Crippen LogP contribution is -2.34. The second-order valence-electron chi connectivity index (χ2n) is 8.30. The Hall–Kier alpha value is -3.41. The summed E-state index contributed by atoms with van der Waals surface area (Å²) in [7, 11) is 0. The van der Waals surface area contributed by atoms with Crippen molar-refractivity contribution in [1.82, 2.24) is 0 Å². The third-order valence-electron chi connectivity index (χ3n) is 5.36. The number of Topliss-reactive ketones (excluding diaryl/α,β-unsaturated/α-hetero) is 1. The molecule has 2 aliphatic rings. The van der Waals surface area contributed by atoms with Crippen molar-refractivity contribution in [3.8, 4) is 0 Å². The van der Waals surface area contributed by atoms with Gasteiger partial charge in [-0.25, -0.2) is 0 Å². The SMILES string of the molecule is CC1(C)CC(=O)C2=C(C1)Nc1ccccc1NC2/C=C/c1ccccc1[N+](=O)[O-]. The lowest BCUT2D eigenvalue weighted by Gasteiger charge is -2.33. The standard InChI is InChI=1S/C23H23N3O3/c1-23(2)13-19-22(21(27)14-23)18(24-16-8-4-5-9-17(16)25-19)12-11-15-7-3-6-10-20(15)26(28)29/h3-12,18,24-25H,13-14H2,1-2H3/b12-11+. The Balaban J connectivity index is 1.78. The first-order chi connectivity index (χ1) is 13.8. The average Bonchev–Trinajstić information content (AvgIpc) is 2.81. The van der Waals surface area contributed by atoms with Crippen LogP contribution in [0.1, 0.15) is 32.3 Å². The highest BCUT2D eigenvalue weighted by Crippen LogP contribution is 2.41. The van der Waals surface area contributed by atoms with Crippen molar-refractivity contribution in [2.75, 3.05) is 10.6 Å². The fourth-order valence-corrected chi connectivity index (χ4v) is 4.07. The van der Waals surface area contributed by atoms with E-state index in [2.05, 4.69) is 24.5 Å². The topological polar surface area (TPSA) is 84.3 Å². The van der Waals surface area contributed by atoms with Crippen molar-refractivity contribution in [1.29, 1.82) is 0 Å². The number of nitro benzene ring substituents is 1. The van der Waals surface area contributed by atoms with Crippen molar-refractivity contribution in [2.24, 2.45) is 5.41 Å². The van der Waals surface area contributed by atoms with E-state index in [4.69, 9.17) is 0 Å². The van der Waals surface area contributed by atoms with Crippen molar-refractivity contribution >= 4 is 28.9 Å². The number of nitro groups is 1. The maximum Gasteiger partial charge on any atom is 0.276 e. The molecule has 0 saturated carbocycles. The molecule has 6 nitrogen and oxygen atoms in total. The minimum Gasteiger partial charge on any atom is -0.373 e. The average molecular weight is 389 g/mol. The van der Waals surface area contributed by atoms with Crippen LogP contribution >= 0.6 is 0 Å². The summed E-state index contributed by atoms with van der Waals surface area (Å²) in [6.45, 7) is 4.19. The number of carbonyl (C=O) groups excluding carboxylic acids is 1. The molecule has 1 aliphatic carbocycles. The highest BCUT2D eigenvalue weighted by Gasteiger charge is 2.37. The Morgan fingerprint density at radius 2 is 1.76 bits per heavy atom. The molecule has 2 N–H and O–H groups in total. The van der Waals surface area contributed by atoms with Gasteiger partial charge in [-0.15, -0.1) is 0 Å². The highest BCUT2D eigenvalue weighted by molar-refractivity contribution is 6.01. The number of anilines is 2. The molecule has 1 atom stereocenters. The number of allylic oxidation sites excluding steroid dienone is 1. The van der Waals surface area contributed by atoms with Gasteiger partial charge in [-0.05, 0) is 36.1 Å². The summed E-state index contributed by atoms with van der Waals surface area (Å²) in [5.74, 6) is 0.0984. The zero-order chi connectivity index (χ0) is 20.6. The molecule has 0 fully saturated rings. The number of fused-ring (bicyclic) bond motifs is 1. The van der Waals surface area contributed by atoms with Crippen molar-refractivity contribution in [2.45, 2.75) is 32.7 Å². The summed E-state index contributed by atoms with van der Waals surface area (Å²) >= 11 is 0. The van der Waals surface area contributed by atoms with Gasteiger partial charge in [0.2, 0.25) is 0 Å². The number of rotatable bonds is 3. The van der Waals surface area contributed by atoms with Gasteiger partial charge in [0, 0.05) is 23.8 Å². The van der Waals surface area contributed by atoms with Crippen molar-refractivity contribution in [3.63, 3.8) is 0 Å². The predicted octanol–water partition coefficient (Wildman–Crippen LogP) is 5.16. The maximum absolute atomic E-state index is 13.1. The minimum atomic E-state index is -0.393. The Morgan fingerprint density at radius 3 is 2.52 bits per heavy atom. The van der Waals surface area contributed by atoms with Crippen molar-refractivity contribution in [3.05, 3.63) is 81.6 Å². The number of para-hydroxylation sites is 3. The lowest BCUT2D eigenvalue weighted by molar-refractivity contribution is -0.385. The quantitative estimate of drug-likeness (QED) is 0.560. The smallest absolute Gasteiger partial charge is 0.276 e. The summed E-state index contributed by atoms with van der Waals surface area (Å²) in [4.78, 5) is 24.0. The van der Waals surface area contributed by atoms with E-state index in [9.17, 15) is 14.9 Å². The van der Waals surface area contributed by atoms with E-state index in [1.54, 1.807) is 24.3 Å². The first kappa shape index (κ1) is 18.9. The molecule has 0 saturated heterocycles. The van der Waals surface area contributed by atoms with Crippen LogP contribution in [0.15, 0.2) is 65.9 Å². The lowest BCUT2D eigenvalue weighted by atomic mass is 9.74. The van der Waals surface area contributed by atoms with Crippen LogP contribution in [-0.4, -0.2) is 16.7 Å². The fraction of sp³-hybridized carbons (Fsp3) is 0.261. The molecule has 6 heteroatoms. The van der Waals surface area contributed by atoms with E-state index in [0.29, 0.717) is 17.6 Å². The third-order valence-corrected chi connectivity index (χ3v) is 5.36. The van der Waals surface area contributed by atoms with Gasteiger partial charge in [-0.1, -0.05) is 44.2 Å². The second-order valence-corrected chi connectivity index (χ2v) is 8.30. The number of nitrogens with one attached hydrogen (secondary N) is 2. The number of ketones is 1. The zero-order valence-corrected chi connectivity index (χ0v) is 16.4. The third kappa shape index (κ3) is 3.78. The Morgan fingerprint density at radius 1 is 1.07 bits per heavy atom. The molecule has 0 amide bonds. The van der Waals surface area contributed by atoms with Crippen LogP contribution in [0.4, 0.5) is 17.1 Å². The Kier molecular flexibility index (Phi) is 4.70. The second kappa shape index (κ2) is 7.20. The molecular formula is C23H23N3O3. The van der Waals surface area contributed by atoms with Crippen LogP contribution in [-0.2, 0) is 4.79 Å². The number of hydrogen-bond donors (Lipinski definition) is 2. The fourth-order valence-electron chi connectivity index (χ4n) is 4.07. The van der Waals surface area contributed by atoms with E-state index in [1.807, 2.05) is 30.3 Å². The number of benzene rings is 2.